The molecule has 2 rings (SSSR count). The molecule has 0 amide bonds. The standard InChI is InChI=1S/C11H13FN4O/c12-10-3-1-2-9(8-10)4-5-11-13-15-16(14-11)6-7-17/h1-3,8,17H,4-7H2. The van der Waals surface area contributed by atoms with E-state index >= 15 is 0 Å². The van der Waals surface area contributed by atoms with Gasteiger partial charge in [0.15, 0.2) is 5.82 Å². The van der Waals surface area contributed by atoms with Crippen molar-refractivity contribution < 1.29 is 9.50 Å². The lowest BCUT2D eigenvalue weighted by Gasteiger charge is -1.98. The zero-order valence-corrected chi connectivity index (χ0v) is 9.25. The van der Waals surface area contributed by atoms with Crippen molar-refractivity contribution in [3.8, 4) is 0 Å². The molecule has 0 saturated carbocycles. The Morgan fingerprint density at radius 2 is 2.18 bits per heavy atom. The fraction of sp³-hybridized carbons (Fsp3) is 0.364. The van der Waals surface area contributed by atoms with Gasteiger partial charge in [-0.15, -0.1) is 10.2 Å². The molecule has 0 fully saturated rings. The van der Waals surface area contributed by atoms with E-state index in [2.05, 4.69) is 15.4 Å². The second-order valence-electron chi connectivity index (χ2n) is 3.66. The van der Waals surface area contributed by atoms with Crippen molar-refractivity contribution in [3.05, 3.63) is 41.5 Å². The minimum atomic E-state index is -0.237. The van der Waals surface area contributed by atoms with Crippen molar-refractivity contribution in [1.82, 2.24) is 20.2 Å². The number of aliphatic hydroxyl groups is 1. The average Bonchev–Trinajstić information content (AvgIpc) is 2.75. The molecule has 0 bridgehead atoms. The summed E-state index contributed by atoms with van der Waals surface area (Å²) < 4.78 is 12.9. The van der Waals surface area contributed by atoms with Gasteiger partial charge in [-0.2, -0.15) is 4.80 Å². The van der Waals surface area contributed by atoms with Crippen LogP contribution in [0.1, 0.15) is 11.4 Å². The number of nitrogens with zero attached hydrogens (tertiary/aromatic N) is 4. The summed E-state index contributed by atoms with van der Waals surface area (Å²) in [4.78, 5) is 1.35. The van der Waals surface area contributed by atoms with E-state index in [0.29, 0.717) is 25.2 Å². The van der Waals surface area contributed by atoms with Crippen molar-refractivity contribution >= 4 is 0 Å². The minimum Gasteiger partial charge on any atom is -0.394 e. The lowest BCUT2D eigenvalue weighted by Crippen LogP contribution is -2.06. The molecule has 0 spiro atoms. The first-order valence-electron chi connectivity index (χ1n) is 5.40. The lowest BCUT2D eigenvalue weighted by atomic mass is 10.1. The number of benzene rings is 1. The van der Waals surface area contributed by atoms with Gasteiger partial charge in [-0.1, -0.05) is 12.1 Å². The molecule has 2 aromatic rings. The highest BCUT2D eigenvalue weighted by molar-refractivity contribution is 5.16. The van der Waals surface area contributed by atoms with Crippen LogP contribution in [0.5, 0.6) is 0 Å². The van der Waals surface area contributed by atoms with Gasteiger partial charge < -0.3 is 5.11 Å². The number of tetrazole rings is 1. The van der Waals surface area contributed by atoms with Gasteiger partial charge in [0.2, 0.25) is 0 Å². The second-order valence-corrected chi connectivity index (χ2v) is 3.66. The Morgan fingerprint density at radius 1 is 1.29 bits per heavy atom. The van der Waals surface area contributed by atoms with Crippen LogP contribution in [-0.2, 0) is 19.4 Å². The molecule has 0 radical (unpaired) electrons. The normalized spacial score (nSPS) is 10.7. The van der Waals surface area contributed by atoms with E-state index in [1.165, 1.54) is 16.9 Å². The Morgan fingerprint density at radius 3 is 2.94 bits per heavy atom. The van der Waals surface area contributed by atoms with Crippen LogP contribution in [0.2, 0.25) is 0 Å². The predicted molar refractivity (Wildman–Crippen MR) is 58.7 cm³/mol. The van der Waals surface area contributed by atoms with Crippen LogP contribution in [0.4, 0.5) is 4.39 Å². The Kier molecular flexibility index (Phi) is 3.77. The van der Waals surface area contributed by atoms with Crippen molar-refractivity contribution in [2.45, 2.75) is 19.4 Å². The molecule has 0 aliphatic rings. The van der Waals surface area contributed by atoms with Crippen LogP contribution in [0, 0.1) is 5.82 Å². The average molecular weight is 236 g/mol. The van der Waals surface area contributed by atoms with E-state index in [1.54, 1.807) is 6.07 Å². The number of aromatic nitrogens is 4. The third-order valence-electron chi connectivity index (χ3n) is 2.32. The molecule has 17 heavy (non-hydrogen) atoms. The van der Waals surface area contributed by atoms with Crippen molar-refractivity contribution in [3.63, 3.8) is 0 Å². The minimum absolute atomic E-state index is 0.0142. The van der Waals surface area contributed by atoms with E-state index in [0.717, 1.165) is 5.56 Å². The maximum Gasteiger partial charge on any atom is 0.175 e. The third-order valence-corrected chi connectivity index (χ3v) is 2.32. The number of rotatable bonds is 5. The van der Waals surface area contributed by atoms with E-state index < -0.39 is 0 Å². The molecule has 1 aromatic carbocycles. The Labute approximate surface area is 97.9 Å². The van der Waals surface area contributed by atoms with Gasteiger partial charge in [0.1, 0.15) is 5.82 Å². The molecule has 0 atom stereocenters. The van der Waals surface area contributed by atoms with Gasteiger partial charge in [0.05, 0.1) is 13.2 Å². The molecule has 1 aromatic heterocycles. The summed E-state index contributed by atoms with van der Waals surface area (Å²) in [5.41, 5.74) is 0.906. The molecule has 5 nitrogen and oxygen atoms in total. The van der Waals surface area contributed by atoms with Crippen LogP contribution in [-0.4, -0.2) is 31.9 Å². The van der Waals surface area contributed by atoms with Crippen LogP contribution in [0.25, 0.3) is 0 Å². The molecule has 6 heteroatoms. The molecule has 0 unspecified atom stereocenters. The Balaban J connectivity index is 1.93. The van der Waals surface area contributed by atoms with Gasteiger partial charge in [0, 0.05) is 6.42 Å². The van der Waals surface area contributed by atoms with Crippen LogP contribution in [0.3, 0.4) is 0 Å². The Bertz CT molecular complexity index is 486. The summed E-state index contributed by atoms with van der Waals surface area (Å²) in [6.07, 6.45) is 1.28. The highest BCUT2D eigenvalue weighted by atomic mass is 19.1. The summed E-state index contributed by atoms with van der Waals surface area (Å²) in [6, 6.07) is 6.46. The summed E-state index contributed by atoms with van der Waals surface area (Å²) in [5, 5.41) is 20.4. The molecular formula is C11H13FN4O. The van der Waals surface area contributed by atoms with Crippen LogP contribution >= 0.6 is 0 Å². The smallest absolute Gasteiger partial charge is 0.175 e. The summed E-state index contributed by atoms with van der Waals surface area (Å²) in [5.74, 6) is 0.363. The fourth-order valence-corrected chi connectivity index (χ4v) is 1.51. The maximum absolute atomic E-state index is 12.9. The van der Waals surface area contributed by atoms with Crippen molar-refractivity contribution in [1.29, 1.82) is 0 Å². The summed E-state index contributed by atoms with van der Waals surface area (Å²) in [6.45, 7) is 0.326. The SMILES string of the molecule is OCCn1nnc(CCc2cccc(F)c2)n1. The molecule has 0 saturated heterocycles. The maximum atomic E-state index is 12.9. The number of aliphatic hydroxyl groups excluding tert-OH is 1. The number of hydrogen-bond acceptors (Lipinski definition) is 4. The number of aryl methyl sites for hydroxylation is 2. The molecule has 90 valence electrons. The zero-order chi connectivity index (χ0) is 12.1. The molecule has 1 heterocycles. The lowest BCUT2D eigenvalue weighted by molar-refractivity contribution is 0.259. The summed E-state index contributed by atoms with van der Waals surface area (Å²) in [7, 11) is 0. The van der Waals surface area contributed by atoms with E-state index in [9.17, 15) is 4.39 Å². The van der Waals surface area contributed by atoms with Gasteiger partial charge in [0.25, 0.3) is 0 Å². The molecule has 0 aliphatic carbocycles. The quantitative estimate of drug-likeness (QED) is 0.825. The Hall–Kier alpha value is -1.82. The predicted octanol–water partition coefficient (Wildman–Crippen LogP) is 0.590. The van der Waals surface area contributed by atoms with E-state index in [4.69, 9.17) is 5.11 Å². The van der Waals surface area contributed by atoms with E-state index in [-0.39, 0.29) is 12.4 Å². The second kappa shape index (κ2) is 5.49. The van der Waals surface area contributed by atoms with Crippen LogP contribution < -0.4 is 0 Å². The molecular weight excluding hydrogens is 223 g/mol. The first-order chi connectivity index (χ1) is 8.28. The number of halogens is 1. The highest BCUT2D eigenvalue weighted by Crippen LogP contribution is 2.06. The topological polar surface area (TPSA) is 63.8 Å². The molecule has 0 aliphatic heterocycles. The van der Waals surface area contributed by atoms with Gasteiger partial charge in [-0.25, -0.2) is 4.39 Å². The third kappa shape index (κ3) is 3.32. The van der Waals surface area contributed by atoms with Gasteiger partial charge >= 0.3 is 0 Å². The molecule has 1 N–H and O–H groups in total. The highest BCUT2D eigenvalue weighted by Gasteiger charge is 2.03. The zero-order valence-electron chi connectivity index (χ0n) is 9.25. The van der Waals surface area contributed by atoms with E-state index in [1.807, 2.05) is 6.07 Å². The number of hydrogen-bond donors (Lipinski definition) is 1. The summed E-state index contributed by atoms with van der Waals surface area (Å²) >= 11 is 0. The van der Waals surface area contributed by atoms with Crippen LogP contribution in [0.15, 0.2) is 24.3 Å². The monoisotopic (exact) mass is 236 g/mol. The first kappa shape index (κ1) is 11.7. The fourth-order valence-electron chi connectivity index (χ4n) is 1.51. The largest absolute Gasteiger partial charge is 0.394 e. The van der Waals surface area contributed by atoms with Crippen molar-refractivity contribution in [2.24, 2.45) is 0 Å². The van der Waals surface area contributed by atoms with Crippen molar-refractivity contribution in [2.75, 3.05) is 6.61 Å². The van der Waals surface area contributed by atoms with Gasteiger partial charge in [-0.05, 0) is 29.3 Å². The first-order valence-corrected chi connectivity index (χ1v) is 5.40. The van der Waals surface area contributed by atoms with Gasteiger partial charge in [-0.3, -0.25) is 0 Å².